The number of amides is 2. The number of urea groups is 1. The average Bonchev–Trinajstić information content (AvgIpc) is 3.15. The van der Waals surface area contributed by atoms with E-state index in [-0.39, 0.29) is 16.7 Å². The maximum atomic E-state index is 12.9. The van der Waals surface area contributed by atoms with E-state index in [9.17, 15) is 9.35 Å². The third-order valence-corrected chi connectivity index (χ3v) is 8.33. The van der Waals surface area contributed by atoms with Crippen LogP contribution in [0.5, 0.6) is 0 Å². The van der Waals surface area contributed by atoms with Crippen molar-refractivity contribution in [3.05, 3.63) is 90.0 Å². The second-order valence-electron chi connectivity index (χ2n) is 8.92. The van der Waals surface area contributed by atoms with Gasteiger partial charge in [-0.25, -0.2) is 4.79 Å². The van der Waals surface area contributed by atoms with Crippen LogP contribution >= 0.6 is 0 Å². The number of carbonyl (C=O) groups excluding carboxylic acids is 1. The van der Waals surface area contributed by atoms with Crippen LogP contribution in [0.4, 0.5) is 10.5 Å². The summed E-state index contributed by atoms with van der Waals surface area (Å²) in [5, 5.41) is 3.16. The van der Waals surface area contributed by atoms with Crippen molar-refractivity contribution >= 4 is 22.9 Å². The van der Waals surface area contributed by atoms with Gasteiger partial charge in [-0.1, -0.05) is 66.7 Å². The molecule has 2 atom stereocenters. The van der Waals surface area contributed by atoms with Gasteiger partial charge in [-0.3, -0.25) is 0 Å². The Morgan fingerprint density at radius 3 is 2.25 bits per heavy atom. The smallest absolute Gasteiger partial charge is 0.321 e. The maximum absolute atomic E-state index is 12.9. The van der Waals surface area contributed by atoms with E-state index < -0.39 is 11.2 Å². The Kier molecular flexibility index (Phi) is 5.70. The molecule has 1 heterocycles. The van der Waals surface area contributed by atoms with Gasteiger partial charge in [-0.15, -0.1) is 0 Å². The number of hydrogen-bond donors (Lipinski definition) is 1. The van der Waals surface area contributed by atoms with Crippen LogP contribution in [0, 0.1) is 0 Å². The van der Waals surface area contributed by atoms with Crippen LogP contribution in [0.15, 0.2) is 78.9 Å². The zero-order chi connectivity index (χ0) is 22.1. The number of hydrogen-bond acceptors (Lipinski definition) is 2. The number of rotatable bonds is 3. The van der Waals surface area contributed by atoms with Gasteiger partial charge in [0.15, 0.2) is 0 Å². The van der Waals surface area contributed by atoms with Gasteiger partial charge in [0.1, 0.15) is 5.25 Å². The van der Waals surface area contributed by atoms with Crippen LogP contribution in [0.1, 0.15) is 35.6 Å². The number of nitrogens with one attached hydrogen (secondary N) is 1. The van der Waals surface area contributed by atoms with E-state index in [2.05, 4.69) is 35.6 Å². The van der Waals surface area contributed by atoms with Gasteiger partial charge >= 0.3 is 6.03 Å². The summed E-state index contributed by atoms with van der Waals surface area (Å²) in [5.41, 5.74) is 5.73. The predicted molar refractivity (Wildman–Crippen MR) is 131 cm³/mol. The highest BCUT2D eigenvalue weighted by Gasteiger charge is 2.48. The molecular weight excluding hydrogens is 416 g/mol. The predicted octanol–water partition coefficient (Wildman–Crippen LogP) is 5.74. The van der Waals surface area contributed by atoms with E-state index in [1.54, 1.807) is 0 Å². The fourth-order valence-electron chi connectivity index (χ4n) is 5.32. The van der Waals surface area contributed by atoms with Crippen molar-refractivity contribution in [2.24, 2.45) is 0 Å². The number of benzene rings is 3. The Morgan fingerprint density at radius 2 is 1.56 bits per heavy atom. The lowest BCUT2D eigenvalue weighted by molar-refractivity contribution is 0.167. The molecule has 5 heteroatoms. The molecule has 0 saturated carbocycles. The van der Waals surface area contributed by atoms with Crippen molar-refractivity contribution in [2.45, 2.75) is 29.9 Å². The molecule has 32 heavy (non-hydrogen) atoms. The molecule has 164 valence electrons. The van der Waals surface area contributed by atoms with Crippen LogP contribution in [0.25, 0.3) is 11.1 Å². The first-order chi connectivity index (χ1) is 15.6. The molecule has 3 aromatic carbocycles. The lowest BCUT2D eigenvalue weighted by atomic mass is 9.74. The molecule has 4 nitrogen and oxygen atoms in total. The number of piperidine rings is 1. The van der Waals surface area contributed by atoms with Crippen molar-refractivity contribution in [1.82, 2.24) is 4.90 Å². The second-order valence-corrected chi connectivity index (χ2v) is 10.5. The van der Waals surface area contributed by atoms with Gasteiger partial charge in [0, 0.05) is 36.2 Å². The minimum absolute atomic E-state index is 0.0427. The average molecular weight is 445 g/mol. The van der Waals surface area contributed by atoms with Crippen LogP contribution in [-0.2, 0) is 16.6 Å². The Morgan fingerprint density at radius 1 is 0.938 bits per heavy atom. The van der Waals surface area contributed by atoms with Gasteiger partial charge in [-0.05, 0) is 52.8 Å². The lowest BCUT2D eigenvalue weighted by Crippen LogP contribution is -2.46. The van der Waals surface area contributed by atoms with E-state index in [0.29, 0.717) is 13.1 Å². The molecule has 1 spiro atoms. The minimum Gasteiger partial charge on any atom is -0.616 e. The van der Waals surface area contributed by atoms with Crippen molar-refractivity contribution in [1.29, 1.82) is 0 Å². The molecule has 1 N–H and O–H groups in total. The molecule has 1 aliphatic carbocycles. The summed E-state index contributed by atoms with van der Waals surface area (Å²) in [4.78, 5) is 14.8. The zero-order valence-electron chi connectivity index (χ0n) is 18.3. The molecular formula is C27H28N2O2S. The van der Waals surface area contributed by atoms with Gasteiger partial charge in [-0.2, -0.15) is 0 Å². The number of nitrogens with zero attached hydrogens (tertiary/aromatic N) is 1. The maximum Gasteiger partial charge on any atom is 0.321 e. The normalized spacial score (nSPS) is 20.1. The summed E-state index contributed by atoms with van der Waals surface area (Å²) in [6.07, 6.45) is 4.56. The molecule has 1 saturated heterocycles. The molecule has 5 rings (SSSR count). The van der Waals surface area contributed by atoms with Crippen molar-refractivity contribution in [2.75, 3.05) is 24.7 Å². The highest BCUT2D eigenvalue weighted by molar-refractivity contribution is 7.90. The molecule has 0 bridgehead atoms. The quantitative estimate of drug-likeness (QED) is 0.524. The summed E-state index contributed by atoms with van der Waals surface area (Å²) in [6, 6.07) is 26.6. The van der Waals surface area contributed by atoms with E-state index in [1.807, 2.05) is 59.7 Å². The fourth-order valence-corrected chi connectivity index (χ4v) is 6.44. The van der Waals surface area contributed by atoms with E-state index in [1.165, 1.54) is 11.1 Å². The molecule has 2 aliphatic rings. The Hall–Kier alpha value is -2.76. The number of anilines is 1. The fraction of sp³-hybridized carbons (Fsp3) is 0.296. The number of carbonyl (C=O) groups is 1. The van der Waals surface area contributed by atoms with Crippen molar-refractivity contribution < 1.29 is 9.35 Å². The molecule has 2 amide bonds. The summed E-state index contributed by atoms with van der Waals surface area (Å²) in [6.45, 7) is 1.43. The van der Waals surface area contributed by atoms with Crippen molar-refractivity contribution in [3.63, 3.8) is 0 Å². The van der Waals surface area contributed by atoms with E-state index in [4.69, 9.17) is 0 Å². The van der Waals surface area contributed by atoms with Gasteiger partial charge in [0.25, 0.3) is 0 Å². The Balaban J connectivity index is 1.24. The lowest BCUT2D eigenvalue weighted by Gasteiger charge is -2.40. The molecule has 1 aliphatic heterocycles. The molecule has 1 fully saturated rings. The topological polar surface area (TPSA) is 55.4 Å². The molecule has 3 aromatic rings. The second kappa shape index (κ2) is 8.64. The summed E-state index contributed by atoms with van der Waals surface area (Å²) >= 11 is -0.883. The number of likely N-dealkylation sites (tertiary alicyclic amines) is 1. The SMILES string of the molecule is C[S+]([O-])C1CC2(CCN(C(=O)Nc3ccc(-c4ccccc4)cc3)CC2)c2ccccc21. The Bertz CT molecular complexity index is 1090. The molecule has 2 unspecified atom stereocenters. The third-order valence-electron chi connectivity index (χ3n) is 7.11. The first-order valence-corrected chi connectivity index (χ1v) is 12.8. The van der Waals surface area contributed by atoms with Crippen LogP contribution in [0.2, 0.25) is 0 Å². The third kappa shape index (κ3) is 3.91. The van der Waals surface area contributed by atoms with Crippen LogP contribution in [0.3, 0.4) is 0 Å². The largest absolute Gasteiger partial charge is 0.616 e. The first kappa shape index (κ1) is 21.1. The van der Waals surface area contributed by atoms with E-state index >= 15 is 0 Å². The van der Waals surface area contributed by atoms with Crippen LogP contribution < -0.4 is 5.32 Å². The van der Waals surface area contributed by atoms with Crippen molar-refractivity contribution in [3.8, 4) is 11.1 Å². The standard InChI is InChI=1S/C27H28N2O2S/c1-32(31)25-19-27(24-10-6-5-9-23(24)25)15-17-29(18-16-27)26(30)28-22-13-11-21(12-14-22)20-7-3-2-4-8-20/h2-14,25H,15-19H2,1H3,(H,28,30). The van der Waals surface area contributed by atoms with Gasteiger partial charge in [0.05, 0.1) is 6.26 Å². The monoisotopic (exact) mass is 444 g/mol. The highest BCUT2D eigenvalue weighted by atomic mass is 32.2. The highest BCUT2D eigenvalue weighted by Crippen LogP contribution is 2.53. The molecule has 0 aromatic heterocycles. The summed E-state index contributed by atoms with van der Waals surface area (Å²) in [7, 11) is 0. The molecule has 0 radical (unpaired) electrons. The minimum atomic E-state index is -0.883. The summed E-state index contributed by atoms with van der Waals surface area (Å²) in [5.74, 6) is 0. The first-order valence-electron chi connectivity index (χ1n) is 11.2. The number of fused-ring (bicyclic) bond motifs is 2. The zero-order valence-corrected chi connectivity index (χ0v) is 19.1. The van der Waals surface area contributed by atoms with E-state index in [0.717, 1.165) is 36.1 Å². The summed E-state index contributed by atoms with van der Waals surface area (Å²) < 4.78 is 12.4. The van der Waals surface area contributed by atoms with Gasteiger partial charge in [0.2, 0.25) is 0 Å². The Labute approximate surface area is 192 Å². The van der Waals surface area contributed by atoms with Crippen LogP contribution in [-0.4, -0.2) is 34.8 Å². The van der Waals surface area contributed by atoms with Gasteiger partial charge < -0.3 is 14.8 Å².